The molecule has 1 amide bonds. The molecule has 2 aromatic carbocycles. The molecule has 0 N–H and O–H groups in total. The van der Waals surface area contributed by atoms with Gasteiger partial charge in [0.15, 0.2) is 4.80 Å². The predicted molar refractivity (Wildman–Crippen MR) is 113 cm³/mol. The third kappa shape index (κ3) is 4.05. The van der Waals surface area contributed by atoms with E-state index in [1.807, 2.05) is 6.07 Å². The maximum atomic E-state index is 12.8. The van der Waals surface area contributed by atoms with Gasteiger partial charge in [0.1, 0.15) is 12.2 Å². The van der Waals surface area contributed by atoms with E-state index in [-0.39, 0.29) is 17.0 Å². The maximum Gasteiger partial charge on any atom is 0.337 e. The number of carbonyl (C=O) groups is 3. The molecule has 2 aromatic heterocycles. The minimum atomic E-state index is -0.600. The van der Waals surface area contributed by atoms with Crippen molar-refractivity contribution in [1.82, 2.24) is 14.5 Å². The molecule has 0 unspecified atom stereocenters. The summed E-state index contributed by atoms with van der Waals surface area (Å²) in [4.78, 5) is 49.6. The van der Waals surface area contributed by atoms with E-state index in [4.69, 9.17) is 9.47 Å². The van der Waals surface area contributed by atoms with E-state index in [0.29, 0.717) is 26.8 Å². The summed E-state index contributed by atoms with van der Waals surface area (Å²) in [5.41, 5.74) is 2.29. The van der Waals surface area contributed by atoms with E-state index < -0.39 is 17.8 Å². The van der Waals surface area contributed by atoms with E-state index in [0.717, 1.165) is 11.3 Å². The Hall–Kier alpha value is -3.92. The van der Waals surface area contributed by atoms with Crippen LogP contribution in [0.4, 0.5) is 0 Å². The van der Waals surface area contributed by atoms with Crippen LogP contribution in [0, 0.1) is 0 Å². The number of rotatable bonds is 4. The number of hydrogen-bond acceptors (Lipinski definition) is 8. The molecule has 9 nitrogen and oxygen atoms in total. The molecule has 0 aliphatic heterocycles. The average molecular weight is 436 g/mol. The first kappa shape index (κ1) is 20.4. The first-order valence-electron chi connectivity index (χ1n) is 9.09. The highest BCUT2D eigenvalue weighted by Crippen LogP contribution is 2.20. The van der Waals surface area contributed by atoms with Crippen LogP contribution in [-0.4, -0.2) is 46.6 Å². The van der Waals surface area contributed by atoms with Gasteiger partial charge in [-0.15, -0.1) is 0 Å². The van der Waals surface area contributed by atoms with Crippen LogP contribution in [-0.2, 0) is 20.8 Å². The minimum absolute atomic E-state index is 0.0797. The quantitative estimate of drug-likeness (QED) is 0.451. The second kappa shape index (κ2) is 8.44. The van der Waals surface area contributed by atoms with E-state index in [2.05, 4.69) is 15.0 Å². The number of hydrogen-bond donors (Lipinski definition) is 0. The summed E-state index contributed by atoms with van der Waals surface area (Å²) in [6.07, 6.45) is 1.36. The third-order valence-corrected chi connectivity index (χ3v) is 5.52. The Morgan fingerprint density at radius 3 is 2.58 bits per heavy atom. The highest BCUT2D eigenvalue weighted by molar-refractivity contribution is 7.16. The standard InChI is InChI=1S/C21H16N4O5S/c1-29-18(26)11-25-16-8-7-12(20(28)30-2)9-17(16)31-21(25)24-19(27)15-10-22-13-5-3-4-6-14(13)23-15/h3-10H,11H2,1-2H3. The van der Waals surface area contributed by atoms with Gasteiger partial charge in [0.25, 0.3) is 5.91 Å². The number of nitrogens with zero attached hydrogens (tertiary/aromatic N) is 4. The number of thiazole rings is 1. The zero-order valence-corrected chi connectivity index (χ0v) is 17.4. The second-order valence-corrected chi connectivity index (χ2v) is 7.39. The fraction of sp³-hybridized carbons (Fsp3) is 0.143. The highest BCUT2D eigenvalue weighted by atomic mass is 32.1. The largest absolute Gasteiger partial charge is 0.468 e. The topological polar surface area (TPSA) is 113 Å². The van der Waals surface area contributed by atoms with Crippen molar-refractivity contribution < 1.29 is 23.9 Å². The van der Waals surface area contributed by atoms with Crippen LogP contribution >= 0.6 is 11.3 Å². The van der Waals surface area contributed by atoms with Crippen molar-refractivity contribution in [2.45, 2.75) is 6.54 Å². The zero-order valence-electron chi connectivity index (χ0n) is 16.6. The summed E-state index contributed by atoms with van der Waals surface area (Å²) < 4.78 is 11.7. The Morgan fingerprint density at radius 2 is 1.84 bits per heavy atom. The van der Waals surface area contributed by atoms with Gasteiger partial charge < -0.3 is 14.0 Å². The van der Waals surface area contributed by atoms with Gasteiger partial charge in [-0.3, -0.25) is 14.6 Å². The fourth-order valence-corrected chi connectivity index (χ4v) is 4.02. The molecule has 156 valence electrons. The van der Waals surface area contributed by atoms with Crippen molar-refractivity contribution in [3.8, 4) is 0 Å². The fourth-order valence-electron chi connectivity index (χ4n) is 2.95. The molecule has 0 saturated heterocycles. The van der Waals surface area contributed by atoms with Crippen molar-refractivity contribution >= 4 is 50.4 Å². The van der Waals surface area contributed by atoms with Crippen molar-refractivity contribution in [1.29, 1.82) is 0 Å². The van der Waals surface area contributed by atoms with Gasteiger partial charge >= 0.3 is 11.9 Å². The third-order valence-electron chi connectivity index (χ3n) is 4.48. The van der Waals surface area contributed by atoms with Gasteiger partial charge in [0.05, 0.1) is 47.2 Å². The number of amides is 1. The normalized spacial score (nSPS) is 11.6. The van der Waals surface area contributed by atoms with Gasteiger partial charge in [-0.05, 0) is 30.3 Å². The monoisotopic (exact) mass is 436 g/mol. The number of aromatic nitrogens is 3. The number of carbonyl (C=O) groups excluding carboxylic acids is 3. The van der Waals surface area contributed by atoms with Crippen LogP contribution in [0.3, 0.4) is 0 Å². The Bertz CT molecular complexity index is 1410. The van der Waals surface area contributed by atoms with Gasteiger partial charge in [-0.25, -0.2) is 9.78 Å². The van der Waals surface area contributed by atoms with E-state index in [1.165, 1.54) is 20.4 Å². The number of para-hydroxylation sites is 2. The van der Waals surface area contributed by atoms with Crippen molar-refractivity contribution in [3.05, 3.63) is 64.7 Å². The number of benzene rings is 2. The van der Waals surface area contributed by atoms with Gasteiger partial charge in [-0.2, -0.15) is 4.99 Å². The van der Waals surface area contributed by atoms with Crippen molar-refractivity contribution in [2.75, 3.05) is 14.2 Å². The van der Waals surface area contributed by atoms with Crippen LogP contribution in [0.15, 0.2) is 53.7 Å². The average Bonchev–Trinajstić information content (AvgIpc) is 3.13. The van der Waals surface area contributed by atoms with Gasteiger partial charge in [-0.1, -0.05) is 23.5 Å². The number of esters is 2. The maximum absolute atomic E-state index is 12.8. The van der Waals surface area contributed by atoms with Crippen LogP contribution in [0.2, 0.25) is 0 Å². The SMILES string of the molecule is COC(=O)Cn1c(=NC(=O)c2cnc3ccccc3n2)sc2cc(C(=O)OC)ccc21. The molecule has 0 atom stereocenters. The molecule has 0 aliphatic carbocycles. The lowest BCUT2D eigenvalue weighted by Gasteiger charge is -2.04. The predicted octanol–water partition coefficient (Wildman–Crippen LogP) is 2.35. The molecule has 0 saturated carbocycles. The Morgan fingerprint density at radius 1 is 1.06 bits per heavy atom. The Labute approximate surface area is 179 Å². The molecule has 0 spiro atoms. The molecule has 0 aliphatic rings. The minimum Gasteiger partial charge on any atom is -0.468 e. The smallest absolute Gasteiger partial charge is 0.337 e. The van der Waals surface area contributed by atoms with E-state index in [9.17, 15) is 14.4 Å². The molecular formula is C21H16N4O5S. The molecule has 0 fully saturated rings. The first-order chi connectivity index (χ1) is 15.0. The van der Waals surface area contributed by atoms with Crippen LogP contribution in [0.5, 0.6) is 0 Å². The summed E-state index contributed by atoms with van der Waals surface area (Å²) in [6, 6.07) is 12.1. The highest BCUT2D eigenvalue weighted by Gasteiger charge is 2.15. The molecule has 0 radical (unpaired) electrons. The molecule has 4 aromatic rings. The van der Waals surface area contributed by atoms with Crippen molar-refractivity contribution in [2.24, 2.45) is 4.99 Å². The second-order valence-electron chi connectivity index (χ2n) is 6.38. The lowest BCUT2D eigenvalue weighted by molar-refractivity contribution is -0.141. The Balaban J connectivity index is 1.83. The summed E-state index contributed by atoms with van der Waals surface area (Å²) in [5.74, 6) is -1.59. The zero-order chi connectivity index (χ0) is 22.0. The molecule has 10 heteroatoms. The summed E-state index contributed by atoms with van der Waals surface area (Å²) in [6.45, 7) is -0.149. The number of methoxy groups -OCH3 is 2. The summed E-state index contributed by atoms with van der Waals surface area (Å²) >= 11 is 1.16. The lowest BCUT2D eigenvalue weighted by Crippen LogP contribution is -2.22. The summed E-state index contributed by atoms with van der Waals surface area (Å²) in [7, 11) is 2.57. The molecular weight excluding hydrogens is 420 g/mol. The van der Waals surface area contributed by atoms with Gasteiger partial charge in [0.2, 0.25) is 0 Å². The molecule has 0 bridgehead atoms. The molecule has 2 heterocycles. The number of ether oxygens (including phenoxy) is 2. The van der Waals surface area contributed by atoms with Crippen LogP contribution in [0.1, 0.15) is 20.8 Å². The number of fused-ring (bicyclic) bond motifs is 2. The first-order valence-corrected chi connectivity index (χ1v) is 9.91. The van der Waals surface area contributed by atoms with Crippen LogP contribution < -0.4 is 4.80 Å². The Kier molecular flexibility index (Phi) is 5.54. The van der Waals surface area contributed by atoms with Crippen LogP contribution in [0.25, 0.3) is 21.3 Å². The van der Waals surface area contributed by atoms with E-state index >= 15 is 0 Å². The summed E-state index contributed by atoms with van der Waals surface area (Å²) in [5, 5.41) is 0. The lowest BCUT2D eigenvalue weighted by atomic mass is 10.2. The van der Waals surface area contributed by atoms with Gasteiger partial charge in [0, 0.05) is 0 Å². The molecule has 31 heavy (non-hydrogen) atoms. The van der Waals surface area contributed by atoms with Crippen molar-refractivity contribution in [3.63, 3.8) is 0 Å². The molecule has 4 rings (SSSR count). The van der Waals surface area contributed by atoms with E-state index in [1.54, 1.807) is 41.0 Å².